The Labute approximate surface area is 206 Å². The minimum absolute atomic E-state index is 0.125. The van der Waals surface area contributed by atoms with Crippen LogP contribution in [0.2, 0.25) is 5.02 Å². The van der Waals surface area contributed by atoms with Crippen LogP contribution in [-0.4, -0.2) is 61.9 Å². The molecule has 10 heteroatoms. The van der Waals surface area contributed by atoms with E-state index in [4.69, 9.17) is 16.3 Å². The van der Waals surface area contributed by atoms with Crippen molar-refractivity contribution in [2.75, 3.05) is 26.2 Å². The second kappa shape index (κ2) is 9.56. The fraction of sp³-hybridized carbons (Fsp3) is 0.478. The van der Waals surface area contributed by atoms with E-state index in [1.54, 1.807) is 13.1 Å². The fourth-order valence-corrected chi connectivity index (χ4v) is 4.88. The number of amides is 1. The van der Waals surface area contributed by atoms with E-state index in [9.17, 15) is 4.79 Å². The molecule has 0 spiro atoms. The van der Waals surface area contributed by atoms with E-state index in [1.807, 2.05) is 27.8 Å². The standard InChI is InChI=1S/C23H26BrClN6O2/c1-15(32)30-8-2-7-29(9-10-30)14-17-11-18(25)12-26-23(17)33-20-6-5-19-22(21(20)24)27-28-31(19)13-16-3-4-16/h5-6,11-12,16H,2-4,7-10,13-14H2,1H3. The van der Waals surface area contributed by atoms with Gasteiger partial charge in [0.25, 0.3) is 0 Å². The maximum Gasteiger partial charge on any atom is 0.223 e. The first-order valence-corrected chi connectivity index (χ1v) is 12.5. The van der Waals surface area contributed by atoms with Crippen LogP contribution in [0, 0.1) is 5.92 Å². The third-order valence-corrected chi connectivity index (χ3v) is 7.22. The summed E-state index contributed by atoms with van der Waals surface area (Å²) < 4.78 is 8.98. The summed E-state index contributed by atoms with van der Waals surface area (Å²) in [5.41, 5.74) is 2.67. The van der Waals surface area contributed by atoms with Crippen molar-refractivity contribution in [3.05, 3.63) is 39.5 Å². The highest BCUT2D eigenvalue weighted by atomic mass is 79.9. The zero-order valence-corrected chi connectivity index (χ0v) is 20.8. The van der Waals surface area contributed by atoms with E-state index >= 15 is 0 Å². The van der Waals surface area contributed by atoms with Gasteiger partial charge in [0, 0.05) is 58.0 Å². The summed E-state index contributed by atoms with van der Waals surface area (Å²) in [5, 5.41) is 9.26. The van der Waals surface area contributed by atoms with Crippen LogP contribution in [0.5, 0.6) is 11.6 Å². The van der Waals surface area contributed by atoms with E-state index in [0.29, 0.717) is 29.1 Å². The van der Waals surface area contributed by atoms with Gasteiger partial charge in [0.15, 0.2) is 0 Å². The molecule has 1 aliphatic carbocycles. The van der Waals surface area contributed by atoms with Crippen molar-refractivity contribution in [3.8, 4) is 11.6 Å². The van der Waals surface area contributed by atoms with E-state index in [-0.39, 0.29) is 5.91 Å². The van der Waals surface area contributed by atoms with Gasteiger partial charge < -0.3 is 9.64 Å². The van der Waals surface area contributed by atoms with E-state index in [0.717, 1.165) is 60.2 Å². The number of rotatable bonds is 6. The Hall–Kier alpha value is -2.23. The van der Waals surface area contributed by atoms with Crippen molar-refractivity contribution in [1.29, 1.82) is 0 Å². The van der Waals surface area contributed by atoms with Crippen LogP contribution in [-0.2, 0) is 17.9 Å². The highest BCUT2D eigenvalue weighted by molar-refractivity contribution is 9.10. The van der Waals surface area contributed by atoms with Gasteiger partial charge >= 0.3 is 0 Å². The molecular formula is C23H26BrClN6O2. The third-order valence-electron chi connectivity index (χ3n) is 6.24. The zero-order chi connectivity index (χ0) is 22.9. The van der Waals surface area contributed by atoms with Gasteiger partial charge in [-0.2, -0.15) is 0 Å². The third kappa shape index (κ3) is 5.15. The smallest absolute Gasteiger partial charge is 0.223 e. The molecule has 0 radical (unpaired) electrons. The highest BCUT2D eigenvalue weighted by Gasteiger charge is 2.24. The van der Waals surface area contributed by atoms with Crippen LogP contribution >= 0.6 is 27.5 Å². The van der Waals surface area contributed by atoms with Crippen LogP contribution in [0.4, 0.5) is 0 Å². The van der Waals surface area contributed by atoms with Gasteiger partial charge in [-0.25, -0.2) is 9.67 Å². The first kappa shape index (κ1) is 22.6. The lowest BCUT2D eigenvalue weighted by Gasteiger charge is -2.22. The predicted molar refractivity (Wildman–Crippen MR) is 129 cm³/mol. The van der Waals surface area contributed by atoms with Gasteiger partial charge in [-0.1, -0.05) is 16.8 Å². The molecule has 33 heavy (non-hydrogen) atoms. The molecular weight excluding hydrogens is 508 g/mol. The van der Waals surface area contributed by atoms with Crippen LogP contribution in [0.25, 0.3) is 11.0 Å². The summed E-state index contributed by atoms with van der Waals surface area (Å²) in [7, 11) is 0. The second-order valence-corrected chi connectivity index (χ2v) is 10.0. The first-order valence-electron chi connectivity index (χ1n) is 11.3. The molecule has 3 aromatic rings. The van der Waals surface area contributed by atoms with Crippen molar-refractivity contribution < 1.29 is 9.53 Å². The van der Waals surface area contributed by atoms with Gasteiger partial charge in [-0.3, -0.25) is 9.69 Å². The summed E-state index contributed by atoms with van der Waals surface area (Å²) >= 11 is 9.93. The number of aromatic nitrogens is 4. The summed E-state index contributed by atoms with van der Waals surface area (Å²) in [4.78, 5) is 20.4. The average molecular weight is 534 g/mol. The number of hydrogen-bond donors (Lipinski definition) is 0. The highest BCUT2D eigenvalue weighted by Crippen LogP contribution is 2.37. The molecule has 0 bridgehead atoms. The Bertz CT molecular complexity index is 1180. The Kier molecular flexibility index (Phi) is 6.53. The number of halogens is 2. The normalized spacial score (nSPS) is 17.4. The van der Waals surface area contributed by atoms with Crippen LogP contribution < -0.4 is 4.74 Å². The minimum Gasteiger partial charge on any atom is -0.437 e. The van der Waals surface area contributed by atoms with Gasteiger partial charge in [-0.05, 0) is 59.3 Å². The lowest BCUT2D eigenvalue weighted by atomic mass is 10.2. The largest absolute Gasteiger partial charge is 0.437 e. The monoisotopic (exact) mass is 532 g/mol. The minimum atomic E-state index is 0.125. The first-order chi connectivity index (χ1) is 16.0. The maximum atomic E-state index is 11.7. The molecule has 1 aliphatic heterocycles. The number of benzene rings is 1. The molecule has 8 nitrogen and oxygen atoms in total. The number of hydrogen-bond acceptors (Lipinski definition) is 6. The molecule has 0 atom stereocenters. The molecule has 1 saturated carbocycles. The molecule has 2 aliphatic rings. The molecule has 2 aromatic heterocycles. The Morgan fingerprint density at radius 2 is 2.09 bits per heavy atom. The van der Waals surface area contributed by atoms with E-state index in [1.165, 1.54) is 12.8 Å². The second-order valence-electron chi connectivity index (χ2n) is 8.82. The van der Waals surface area contributed by atoms with E-state index in [2.05, 4.69) is 36.1 Å². The molecule has 1 amide bonds. The predicted octanol–water partition coefficient (Wildman–Crippen LogP) is 4.50. The Morgan fingerprint density at radius 3 is 2.88 bits per heavy atom. The summed E-state index contributed by atoms with van der Waals surface area (Å²) in [6.45, 7) is 6.38. The number of carbonyl (C=O) groups excluding carboxylic acids is 1. The van der Waals surface area contributed by atoms with Crippen molar-refractivity contribution in [2.24, 2.45) is 5.92 Å². The van der Waals surface area contributed by atoms with Crippen molar-refractivity contribution in [2.45, 2.75) is 39.3 Å². The summed E-state index contributed by atoms with van der Waals surface area (Å²) in [6, 6.07) is 5.82. The number of fused-ring (bicyclic) bond motifs is 1. The number of pyridine rings is 1. The van der Waals surface area contributed by atoms with Crippen LogP contribution in [0.1, 0.15) is 31.7 Å². The van der Waals surface area contributed by atoms with Gasteiger partial charge in [0.1, 0.15) is 11.3 Å². The number of ether oxygens (including phenoxy) is 1. The van der Waals surface area contributed by atoms with Crippen molar-refractivity contribution in [1.82, 2.24) is 29.8 Å². The SMILES string of the molecule is CC(=O)N1CCCN(Cc2cc(Cl)cnc2Oc2ccc3c(nnn3CC3CC3)c2Br)CC1. The topological polar surface area (TPSA) is 76.4 Å². The summed E-state index contributed by atoms with van der Waals surface area (Å²) in [6.07, 6.45) is 5.05. The Morgan fingerprint density at radius 1 is 1.24 bits per heavy atom. The molecule has 5 rings (SSSR count). The molecule has 0 N–H and O–H groups in total. The molecule has 1 aromatic carbocycles. The average Bonchev–Trinajstić information content (AvgIpc) is 3.55. The van der Waals surface area contributed by atoms with Crippen LogP contribution in [0.15, 0.2) is 28.9 Å². The van der Waals surface area contributed by atoms with Gasteiger partial charge in [0.05, 0.1) is 15.0 Å². The van der Waals surface area contributed by atoms with Crippen LogP contribution in [0.3, 0.4) is 0 Å². The van der Waals surface area contributed by atoms with Gasteiger partial charge in [-0.15, -0.1) is 5.10 Å². The molecule has 174 valence electrons. The van der Waals surface area contributed by atoms with Gasteiger partial charge in [0.2, 0.25) is 11.8 Å². The van der Waals surface area contributed by atoms with Crippen molar-refractivity contribution in [3.63, 3.8) is 0 Å². The van der Waals surface area contributed by atoms with E-state index < -0.39 is 0 Å². The quantitative estimate of drug-likeness (QED) is 0.464. The number of carbonyl (C=O) groups is 1. The lowest BCUT2D eigenvalue weighted by molar-refractivity contribution is -0.128. The maximum absolute atomic E-state index is 11.7. The van der Waals surface area contributed by atoms with Crippen molar-refractivity contribution >= 4 is 44.5 Å². The molecule has 3 heterocycles. The number of nitrogens with zero attached hydrogens (tertiary/aromatic N) is 6. The Balaban J connectivity index is 1.36. The fourth-order valence-electron chi connectivity index (χ4n) is 4.21. The molecule has 1 saturated heterocycles. The molecule has 0 unspecified atom stereocenters. The zero-order valence-electron chi connectivity index (χ0n) is 18.5. The lowest BCUT2D eigenvalue weighted by Crippen LogP contribution is -2.33. The molecule has 2 fully saturated rings. The summed E-state index contributed by atoms with van der Waals surface area (Å²) in [5.74, 6) is 1.99.